The number of ether oxygens (including phenoxy) is 2. The Morgan fingerprint density at radius 1 is 0.823 bits per heavy atom. The molecule has 0 bridgehead atoms. The normalized spacial score (nSPS) is 24.3. The molecule has 3 fully saturated rings. The Morgan fingerprint density at radius 3 is 2.21 bits per heavy atom. The summed E-state index contributed by atoms with van der Waals surface area (Å²) in [6.07, 6.45) is 6.18. The molecule has 6 aromatic rings. The predicted molar refractivity (Wildman–Crippen MR) is 232 cm³/mol. The zero-order chi connectivity index (χ0) is 42.9. The maximum absolute atomic E-state index is 15.4. The molecule has 2 aliphatic heterocycles. The first kappa shape index (κ1) is 38.7. The summed E-state index contributed by atoms with van der Waals surface area (Å²) in [4.78, 5) is 65.5. The summed E-state index contributed by atoms with van der Waals surface area (Å²) in [5.74, 6) is -4.50. The molecule has 0 spiro atoms. The van der Waals surface area contributed by atoms with Crippen LogP contribution in [-0.4, -0.2) is 52.9 Å². The van der Waals surface area contributed by atoms with Gasteiger partial charge in [-0.2, -0.15) is 5.01 Å². The lowest BCUT2D eigenvalue weighted by Crippen LogP contribution is -2.54. The number of para-hydroxylation sites is 2. The first-order chi connectivity index (χ1) is 30.1. The predicted octanol–water partition coefficient (Wildman–Crippen LogP) is 8.26. The highest BCUT2D eigenvalue weighted by molar-refractivity contribution is 6.22. The Hall–Kier alpha value is -7.47. The molecule has 4 aliphatic rings. The van der Waals surface area contributed by atoms with Crippen LogP contribution >= 0.6 is 0 Å². The SMILES string of the molecule is COc1cc(C=CC2C3=CCC4C(=O)N(c5ccc(-c6nc7ccccc7o6)cc5)C(=O)C4C3CC3C(=O)N(Nc4ccc(C)cc4)C(=O)C23c2ccccc2)cc(OC)c1O. The van der Waals surface area contributed by atoms with E-state index in [1.807, 2.05) is 104 Å². The number of oxazole rings is 1. The Labute approximate surface area is 357 Å². The number of allylic oxidation sites excluding steroid dienone is 3. The number of hydrogen-bond acceptors (Lipinski definition) is 10. The van der Waals surface area contributed by atoms with Crippen molar-refractivity contribution in [3.8, 4) is 28.7 Å². The van der Waals surface area contributed by atoms with E-state index in [0.29, 0.717) is 39.5 Å². The maximum Gasteiger partial charge on any atom is 0.260 e. The Kier molecular flexibility index (Phi) is 9.31. The van der Waals surface area contributed by atoms with Crippen molar-refractivity contribution in [3.63, 3.8) is 0 Å². The monoisotopic (exact) mass is 826 g/mol. The molecule has 12 nitrogen and oxygen atoms in total. The first-order valence-electron chi connectivity index (χ1n) is 20.6. The number of methoxy groups -OCH3 is 2. The van der Waals surface area contributed by atoms with E-state index < -0.39 is 46.8 Å². The van der Waals surface area contributed by atoms with Gasteiger partial charge in [0.1, 0.15) is 5.52 Å². The fraction of sp³-hybridized carbons (Fsp3) is 0.220. The molecule has 6 atom stereocenters. The van der Waals surface area contributed by atoms with Gasteiger partial charge in [-0.3, -0.25) is 29.5 Å². The van der Waals surface area contributed by atoms with Crippen LogP contribution in [0.5, 0.6) is 17.2 Å². The molecular formula is C50H42N4O8. The average molecular weight is 827 g/mol. The van der Waals surface area contributed by atoms with Crippen LogP contribution in [0.25, 0.3) is 28.6 Å². The number of aromatic hydroxyl groups is 1. The molecule has 2 aliphatic carbocycles. The number of amides is 4. The van der Waals surface area contributed by atoms with E-state index in [9.17, 15) is 19.5 Å². The minimum absolute atomic E-state index is 0.157. The Bertz CT molecular complexity index is 2790. The minimum Gasteiger partial charge on any atom is -0.502 e. The minimum atomic E-state index is -1.43. The molecule has 310 valence electrons. The highest BCUT2D eigenvalue weighted by Crippen LogP contribution is 2.61. The van der Waals surface area contributed by atoms with Crippen molar-refractivity contribution < 1.29 is 38.2 Å². The fourth-order valence-corrected chi connectivity index (χ4v) is 10.2. The second-order valence-electron chi connectivity index (χ2n) is 16.3. The summed E-state index contributed by atoms with van der Waals surface area (Å²) in [5, 5.41) is 11.8. The number of imide groups is 2. The number of aryl methyl sites for hydroxylation is 1. The number of rotatable bonds is 9. The molecule has 12 heteroatoms. The number of carbonyl (C=O) groups excluding carboxylic acids is 4. The molecule has 3 heterocycles. The van der Waals surface area contributed by atoms with Crippen LogP contribution in [0.1, 0.15) is 29.5 Å². The fourth-order valence-electron chi connectivity index (χ4n) is 10.2. The molecule has 6 unspecified atom stereocenters. The van der Waals surface area contributed by atoms with Gasteiger partial charge in [-0.1, -0.05) is 84.0 Å². The third kappa shape index (κ3) is 5.92. The van der Waals surface area contributed by atoms with E-state index in [4.69, 9.17) is 13.9 Å². The van der Waals surface area contributed by atoms with Gasteiger partial charge in [-0.05, 0) is 97.5 Å². The van der Waals surface area contributed by atoms with Gasteiger partial charge in [-0.15, -0.1) is 0 Å². The average Bonchev–Trinajstić information content (AvgIpc) is 3.91. The number of nitrogens with one attached hydrogen (secondary N) is 1. The van der Waals surface area contributed by atoms with Crippen LogP contribution < -0.4 is 19.8 Å². The van der Waals surface area contributed by atoms with Gasteiger partial charge < -0.3 is 19.0 Å². The third-order valence-corrected chi connectivity index (χ3v) is 13.1. The van der Waals surface area contributed by atoms with Gasteiger partial charge in [0.05, 0.1) is 48.8 Å². The van der Waals surface area contributed by atoms with Crippen molar-refractivity contribution in [2.24, 2.45) is 29.6 Å². The van der Waals surface area contributed by atoms with Crippen molar-refractivity contribution in [1.29, 1.82) is 0 Å². The molecule has 4 amide bonds. The molecule has 0 radical (unpaired) electrons. The highest BCUT2D eigenvalue weighted by Gasteiger charge is 2.69. The second-order valence-corrected chi connectivity index (χ2v) is 16.3. The quantitative estimate of drug-likeness (QED) is 0.108. The molecule has 1 aromatic heterocycles. The van der Waals surface area contributed by atoms with Crippen molar-refractivity contribution in [1.82, 2.24) is 9.99 Å². The van der Waals surface area contributed by atoms with Gasteiger partial charge in [0.15, 0.2) is 17.1 Å². The molecule has 62 heavy (non-hydrogen) atoms. The number of aromatic nitrogens is 1. The lowest BCUT2D eigenvalue weighted by Gasteiger charge is -2.49. The Morgan fingerprint density at radius 2 is 1.52 bits per heavy atom. The van der Waals surface area contributed by atoms with Crippen molar-refractivity contribution in [2.75, 3.05) is 24.5 Å². The lowest BCUT2D eigenvalue weighted by molar-refractivity contribution is -0.139. The van der Waals surface area contributed by atoms with E-state index in [2.05, 4.69) is 10.4 Å². The van der Waals surface area contributed by atoms with Crippen LogP contribution in [0.4, 0.5) is 11.4 Å². The van der Waals surface area contributed by atoms with Crippen LogP contribution in [0.2, 0.25) is 0 Å². The van der Waals surface area contributed by atoms with E-state index in [1.165, 1.54) is 19.1 Å². The van der Waals surface area contributed by atoms with Crippen LogP contribution in [0, 0.1) is 36.5 Å². The zero-order valence-electron chi connectivity index (χ0n) is 34.1. The van der Waals surface area contributed by atoms with Gasteiger partial charge >= 0.3 is 0 Å². The largest absolute Gasteiger partial charge is 0.502 e. The zero-order valence-corrected chi connectivity index (χ0v) is 34.1. The lowest BCUT2D eigenvalue weighted by atomic mass is 9.50. The van der Waals surface area contributed by atoms with Crippen LogP contribution in [0.15, 0.2) is 137 Å². The summed E-state index contributed by atoms with van der Waals surface area (Å²) in [5.41, 5.74) is 7.87. The number of hydrazine groups is 1. The van der Waals surface area contributed by atoms with Gasteiger partial charge in [0.25, 0.3) is 11.8 Å². The second kappa shape index (κ2) is 14.9. The molecule has 2 saturated heterocycles. The number of fused-ring (bicyclic) bond motifs is 5. The number of hydrogen-bond donors (Lipinski definition) is 2. The van der Waals surface area contributed by atoms with Crippen molar-refractivity contribution in [3.05, 3.63) is 150 Å². The number of benzene rings is 5. The smallest absolute Gasteiger partial charge is 0.260 e. The molecule has 10 rings (SSSR count). The van der Waals surface area contributed by atoms with Gasteiger partial charge in [0, 0.05) is 11.5 Å². The number of carbonyl (C=O) groups is 4. The molecule has 2 N–H and O–H groups in total. The summed E-state index contributed by atoms with van der Waals surface area (Å²) in [6, 6.07) is 34.6. The number of phenols is 1. The number of nitrogens with zero attached hydrogens (tertiary/aromatic N) is 3. The Balaban J connectivity index is 1.07. The molecule has 1 saturated carbocycles. The maximum atomic E-state index is 15.4. The van der Waals surface area contributed by atoms with E-state index in [0.717, 1.165) is 21.7 Å². The van der Waals surface area contributed by atoms with Crippen molar-refractivity contribution >= 4 is 52.2 Å². The highest BCUT2D eigenvalue weighted by atomic mass is 16.5. The summed E-state index contributed by atoms with van der Waals surface area (Å²) < 4.78 is 16.9. The first-order valence-corrected chi connectivity index (χ1v) is 20.6. The van der Waals surface area contributed by atoms with E-state index in [1.54, 1.807) is 36.4 Å². The van der Waals surface area contributed by atoms with Gasteiger partial charge in [-0.25, -0.2) is 4.98 Å². The third-order valence-electron chi connectivity index (χ3n) is 13.1. The number of phenolic OH excluding ortho intramolecular Hbond substituents is 1. The summed E-state index contributed by atoms with van der Waals surface area (Å²) in [6.45, 7) is 1.96. The number of anilines is 2. The molecule has 5 aromatic carbocycles. The topological polar surface area (TPSA) is 152 Å². The van der Waals surface area contributed by atoms with E-state index >= 15 is 4.79 Å². The van der Waals surface area contributed by atoms with Crippen LogP contribution in [0.3, 0.4) is 0 Å². The van der Waals surface area contributed by atoms with Crippen LogP contribution in [-0.2, 0) is 24.6 Å². The van der Waals surface area contributed by atoms with Gasteiger partial charge in [0.2, 0.25) is 23.5 Å². The molecular weight excluding hydrogens is 785 g/mol. The van der Waals surface area contributed by atoms with Crippen molar-refractivity contribution in [2.45, 2.75) is 25.2 Å². The summed E-state index contributed by atoms with van der Waals surface area (Å²) >= 11 is 0. The standard InChI is InChI=1S/C50H42N4O8/c1-28-13-18-32(19-14-28)52-54-47(57)38-27-36-34(37(50(38,49(54)59)31-9-5-4-6-10-31)24-15-29-25-41(60-2)44(55)42(26-29)61-3)22-23-35-43(36)48(58)53(46(35)56)33-20-16-30(17-21-33)45-51-39-11-7-8-12-40(39)62-45/h4-22,24-26,35-38,43,52,55H,23,27H2,1-3H3. The summed E-state index contributed by atoms with van der Waals surface area (Å²) in [7, 11) is 2.89. The van der Waals surface area contributed by atoms with E-state index in [-0.39, 0.29) is 41.9 Å².